The van der Waals surface area contributed by atoms with Gasteiger partial charge in [-0.2, -0.15) is 0 Å². The lowest BCUT2D eigenvalue weighted by Crippen LogP contribution is -2.31. The average Bonchev–Trinajstić information content (AvgIpc) is 3.15. The minimum absolute atomic E-state index is 0.0501. The molecule has 0 spiro atoms. The Morgan fingerprint density at radius 1 is 1.00 bits per heavy atom. The van der Waals surface area contributed by atoms with Gasteiger partial charge < -0.3 is 9.88 Å². The van der Waals surface area contributed by atoms with Crippen LogP contribution in [0.5, 0.6) is 0 Å². The number of rotatable bonds is 7. The highest BCUT2D eigenvalue weighted by Crippen LogP contribution is 2.21. The molecular weight excluding hydrogens is 404 g/mol. The van der Waals surface area contributed by atoms with Crippen LogP contribution in [0.3, 0.4) is 0 Å². The monoisotopic (exact) mass is 422 g/mol. The zero-order valence-corrected chi connectivity index (χ0v) is 17.2. The normalized spacial score (nSPS) is 10.9. The maximum Gasteiger partial charge on any atom is 0.233 e. The number of hydrogen-bond donors (Lipinski definition) is 1. The van der Waals surface area contributed by atoms with Crippen LogP contribution in [0.2, 0.25) is 5.02 Å². The molecule has 1 N–H and O–H groups in total. The van der Waals surface area contributed by atoms with Gasteiger partial charge in [-0.1, -0.05) is 84.0 Å². The molecule has 2 aromatic carbocycles. The van der Waals surface area contributed by atoms with Crippen LogP contribution in [0.1, 0.15) is 11.1 Å². The summed E-state index contributed by atoms with van der Waals surface area (Å²) in [7, 11) is 0. The topological polar surface area (TPSA) is 61.9 Å². The van der Waals surface area contributed by atoms with Crippen LogP contribution in [-0.2, 0) is 17.9 Å². The predicted octanol–water partition coefficient (Wildman–Crippen LogP) is 4.93. The highest BCUT2D eigenvalue weighted by atomic mass is 35.5. The third kappa shape index (κ3) is 5.16. The number of hydrogen-bond acceptors (Lipinski definition) is 4. The number of thioether (sulfide) groups is 1. The zero-order valence-electron chi connectivity index (χ0n) is 15.6. The van der Waals surface area contributed by atoms with Gasteiger partial charge in [-0.3, -0.25) is 4.79 Å². The average molecular weight is 423 g/mol. The van der Waals surface area contributed by atoms with Gasteiger partial charge >= 0.3 is 0 Å². The molecule has 4 rings (SSSR count). The molecule has 1 amide bonds. The standard InChI is InChI=1S/C22H19ClN4OS/c23-18-11-19-21(24-12-18)26-22(25-19)29-15-20(28)27(13-16-7-3-1-4-8-16)14-17-9-5-2-6-10-17/h1-12H,13-15H2,(H,24,25,26). The van der Waals surface area contributed by atoms with Crippen LogP contribution >= 0.6 is 23.4 Å². The molecule has 0 aliphatic carbocycles. The van der Waals surface area contributed by atoms with E-state index >= 15 is 0 Å². The van der Waals surface area contributed by atoms with Crippen molar-refractivity contribution in [3.63, 3.8) is 0 Å². The molecule has 0 saturated carbocycles. The van der Waals surface area contributed by atoms with Gasteiger partial charge in [0.2, 0.25) is 5.91 Å². The minimum atomic E-state index is 0.0501. The number of fused-ring (bicyclic) bond motifs is 1. The van der Waals surface area contributed by atoms with Crippen LogP contribution in [0.15, 0.2) is 78.1 Å². The summed E-state index contributed by atoms with van der Waals surface area (Å²) in [6.07, 6.45) is 1.56. The third-order valence-corrected chi connectivity index (χ3v) is 5.46. The van der Waals surface area contributed by atoms with Crippen LogP contribution in [0.25, 0.3) is 11.2 Å². The zero-order chi connectivity index (χ0) is 20.1. The van der Waals surface area contributed by atoms with Crippen molar-refractivity contribution in [2.45, 2.75) is 18.2 Å². The Hall–Kier alpha value is -2.83. The largest absolute Gasteiger partial charge is 0.333 e. The number of aromatic nitrogens is 3. The Morgan fingerprint density at radius 3 is 2.24 bits per heavy atom. The summed E-state index contributed by atoms with van der Waals surface area (Å²) in [4.78, 5) is 26.7. The first kappa shape index (κ1) is 19.5. The maximum absolute atomic E-state index is 13.0. The SMILES string of the molecule is O=C(CSc1nc2ncc(Cl)cc2[nH]1)N(Cc1ccccc1)Cc1ccccc1. The molecule has 0 saturated heterocycles. The van der Waals surface area contributed by atoms with Crippen molar-refractivity contribution in [3.8, 4) is 0 Å². The van der Waals surface area contributed by atoms with E-state index in [4.69, 9.17) is 11.6 Å². The number of imidazole rings is 1. The first-order valence-corrected chi connectivity index (χ1v) is 10.5. The molecule has 0 radical (unpaired) electrons. The maximum atomic E-state index is 13.0. The fourth-order valence-electron chi connectivity index (χ4n) is 2.98. The molecule has 7 heteroatoms. The van der Waals surface area contributed by atoms with Gasteiger partial charge in [0.05, 0.1) is 16.3 Å². The molecule has 0 fully saturated rings. The minimum Gasteiger partial charge on any atom is -0.333 e. The number of nitrogens with one attached hydrogen (secondary N) is 1. The lowest BCUT2D eigenvalue weighted by atomic mass is 10.1. The second-order valence-corrected chi connectivity index (χ2v) is 7.98. The summed E-state index contributed by atoms with van der Waals surface area (Å²) in [5.41, 5.74) is 3.56. The van der Waals surface area contributed by atoms with E-state index in [2.05, 4.69) is 15.0 Å². The van der Waals surface area contributed by atoms with E-state index in [-0.39, 0.29) is 11.7 Å². The summed E-state index contributed by atoms with van der Waals surface area (Å²) >= 11 is 7.34. The van der Waals surface area contributed by atoms with Crippen LogP contribution in [-0.4, -0.2) is 31.5 Å². The summed E-state index contributed by atoms with van der Waals surface area (Å²) in [5, 5.41) is 1.20. The van der Waals surface area contributed by atoms with E-state index in [0.29, 0.717) is 28.9 Å². The van der Waals surface area contributed by atoms with Gasteiger partial charge in [-0.15, -0.1) is 0 Å². The quantitative estimate of drug-likeness (QED) is 0.429. The first-order chi connectivity index (χ1) is 14.2. The van der Waals surface area contributed by atoms with Crippen molar-refractivity contribution in [1.82, 2.24) is 19.9 Å². The number of benzene rings is 2. The number of aromatic amines is 1. The van der Waals surface area contributed by atoms with Crippen LogP contribution in [0.4, 0.5) is 0 Å². The van der Waals surface area contributed by atoms with Crippen molar-refractivity contribution in [3.05, 3.63) is 89.1 Å². The number of halogens is 1. The van der Waals surface area contributed by atoms with Crippen molar-refractivity contribution < 1.29 is 4.79 Å². The number of carbonyl (C=O) groups is 1. The summed E-state index contributed by atoms with van der Waals surface area (Å²) in [5.74, 6) is 0.335. The number of carbonyl (C=O) groups excluding carboxylic acids is 1. The molecule has 2 aromatic heterocycles. The Morgan fingerprint density at radius 2 is 1.62 bits per heavy atom. The van der Waals surface area contributed by atoms with Gasteiger partial charge in [-0.05, 0) is 17.2 Å². The molecular formula is C22H19ClN4OS. The summed E-state index contributed by atoms with van der Waals surface area (Å²) in [6.45, 7) is 1.12. The Balaban J connectivity index is 1.47. The summed E-state index contributed by atoms with van der Waals surface area (Å²) in [6, 6.07) is 21.8. The van der Waals surface area contributed by atoms with Crippen molar-refractivity contribution >= 4 is 40.4 Å². The molecule has 146 valence electrons. The smallest absolute Gasteiger partial charge is 0.233 e. The van der Waals surface area contributed by atoms with Gasteiger partial charge in [0.15, 0.2) is 10.8 Å². The molecule has 29 heavy (non-hydrogen) atoms. The molecule has 4 aromatic rings. The first-order valence-electron chi connectivity index (χ1n) is 9.17. The van der Waals surface area contributed by atoms with Gasteiger partial charge in [-0.25, -0.2) is 9.97 Å². The molecule has 0 bridgehead atoms. The molecule has 2 heterocycles. The third-order valence-electron chi connectivity index (χ3n) is 4.40. The predicted molar refractivity (Wildman–Crippen MR) is 117 cm³/mol. The van der Waals surface area contributed by atoms with Crippen LogP contribution < -0.4 is 0 Å². The molecule has 0 aliphatic rings. The van der Waals surface area contributed by atoms with Crippen LogP contribution in [0, 0.1) is 0 Å². The lowest BCUT2D eigenvalue weighted by Gasteiger charge is -2.23. The fraction of sp³-hybridized carbons (Fsp3) is 0.136. The van der Waals surface area contributed by atoms with Crippen molar-refractivity contribution in [2.24, 2.45) is 0 Å². The molecule has 0 atom stereocenters. The van der Waals surface area contributed by atoms with E-state index in [1.165, 1.54) is 11.8 Å². The number of pyridine rings is 1. The van der Waals surface area contributed by atoms with Crippen molar-refractivity contribution in [1.29, 1.82) is 0 Å². The number of nitrogens with zero attached hydrogens (tertiary/aromatic N) is 3. The highest BCUT2D eigenvalue weighted by Gasteiger charge is 2.16. The van der Waals surface area contributed by atoms with Gasteiger partial charge in [0.25, 0.3) is 0 Å². The molecule has 5 nitrogen and oxygen atoms in total. The Kier molecular flexibility index (Phi) is 6.12. The molecule has 0 unspecified atom stereocenters. The Bertz CT molecular complexity index is 1060. The summed E-state index contributed by atoms with van der Waals surface area (Å²) < 4.78 is 0. The van der Waals surface area contributed by atoms with E-state index in [1.54, 1.807) is 12.3 Å². The fourth-order valence-corrected chi connectivity index (χ4v) is 3.92. The highest BCUT2D eigenvalue weighted by molar-refractivity contribution is 7.99. The number of amides is 1. The lowest BCUT2D eigenvalue weighted by molar-refractivity contribution is -0.129. The van der Waals surface area contributed by atoms with E-state index < -0.39 is 0 Å². The van der Waals surface area contributed by atoms with Gasteiger partial charge in [0, 0.05) is 19.3 Å². The van der Waals surface area contributed by atoms with Gasteiger partial charge in [0.1, 0.15) is 0 Å². The van der Waals surface area contributed by atoms with E-state index in [1.807, 2.05) is 65.6 Å². The Labute approximate surface area is 178 Å². The molecule has 0 aliphatic heterocycles. The van der Waals surface area contributed by atoms with E-state index in [0.717, 1.165) is 16.6 Å². The second kappa shape index (κ2) is 9.11. The van der Waals surface area contributed by atoms with E-state index in [9.17, 15) is 4.79 Å². The number of H-pyrrole nitrogens is 1. The second-order valence-electron chi connectivity index (χ2n) is 6.58. The van der Waals surface area contributed by atoms with Crippen molar-refractivity contribution in [2.75, 3.05) is 5.75 Å².